The Morgan fingerprint density at radius 2 is 1.59 bits per heavy atom. The van der Waals surface area contributed by atoms with Crippen molar-refractivity contribution in [2.24, 2.45) is 0 Å². The average molecular weight is 463 g/mol. The molecular formula is C23H26O8S. The van der Waals surface area contributed by atoms with Crippen LogP contribution in [0.4, 0.5) is 0 Å². The molecule has 32 heavy (non-hydrogen) atoms. The number of ether oxygens (including phenoxy) is 5. The summed E-state index contributed by atoms with van der Waals surface area (Å²) >= 11 is 0. The third kappa shape index (κ3) is 4.22. The lowest BCUT2D eigenvalue weighted by molar-refractivity contribution is -0.312. The lowest BCUT2D eigenvalue weighted by Gasteiger charge is -2.39. The third-order valence-electron chi connectivity index (χ3n) is 5.74. The molecule has 0 aliphatic carbocycles. The van der Waals surface area contributed by atoms with Gasteiger partial charge in [-0.15, -0.1) is 0 Å². The minimum atomic E-state index is -3.96. The second-order valence-electron chi connectivity index (χ2n) is 8.64. The zero-order chi connectivity index (χ0) is 22.5. The molecule has 1 unspecified atom stereocenters. The van der Waals surface area contributed by atoms with E-state index in [9.17, 15) is 8.42 Å². The van der Waals surface area contributed by atoms with Crippen molar-refractivity contribution in [3.63, 3.8) is 0 Å². The Morgan fingerprint density at radius 3 is 2.31 bits per heavy atom. The van der Waals surface area contributed by atoms with Crippen molar-refractivity contribution in [2.45, 2.75) is 68.4 Å². The van der Waals surface area contributed by atoms with Gasteiger partial charge >= 0.3 is 0 Å². The molecule has 0 bridgehead atoms. The van der Waals surface area contributed by atoms with Gasteiger partial charge in [-0.05, 0) is 32.9 Å². The van der Waals surface area contributed by atoms with E-state index in [1.165, 1.54) is 12.1 Å². The minimum absolute atomic E-state index is 0.0870. The molecule has 8 nitrogen and oxygen atoms in total. The van der Waals surface area contributed by atoms with E-state index in [1.807, 2.05) is 51.1 Å². The van der Waals surface area contributed by atoms with Crippen molar-refractivity contribution >= 4 is 10.1 Å². The first kappa shape index (κ1) is 22.0. The molecular weight excluding hydrogens is 436 g/mol. The number of benzene rings is 2. The number of fused-ring (bicyclic) bond motifs is 3. The van der Waals surface area contributed by atoms with E-state index in [1.54, 1.807) is 12.1 Å². The maximum absolute atomic E-state index is 12.7. The third-order valence-corrected chi connectivity index (χ3v) is 7.04. The van der Waals surface area contributed by atoms with E-state index in [0.29, 0.717) is 0 Å². The maximum Gasteiger partial charge on any atom is 0.297 e. The smallest absolute Gasteiger partial charge is 0.297 e. The van der Waals surface area contributed by atoms with Gasteiger partial charge in [-0.2, -0.15) is 8.42 Å². The molecule has 3 aliphatic rings. The first-order valence-corrected chi connectivity index (χ1v) is 12.0. The number of hydrogen-bond donors (Lipinski definition) is 0. The van der Waals surface area contributed by atoms with Gasteiger partial charge in [0.15, 0.2) is 18.4 Å². The molecule has 0 N–H and O–H groups in total. The molecule has 2 aromatic carbocycles. The molecule has 0 aromatic heterocycles. The monoisotopic (exact) mass is 462 g/mol. The highest BCUT2D eigenvalue weighted by molar-refractivity contribution is 7.86. The summed E-state index contributed by atoms with van der Waals surface area (Å²) < 4.78 is 61.0. The average Bonchev–Trinajstić information content (AvgIpc) is 3.25. The van der Waals surface area contributed by atoms with Crippen molar-refractivity contribution in [1.82, 2.24) is 0 Å². The SMILES string of the molecule is Cc1ccc(S(=O)(=O)OC[C@@H]2OC(c3ccccc3)O[C@@H]3[C@H]4OC(C)(C)O[C@H]4O[C@@H]32)cc1. The van der Waals surface area contributed by atoms with Gasteiger partial charge < -0.3 is 23.7 Å². The van der Waals surface area contributed by atoms with E-state index < -0.39 is 52.9 Å². The molecule has 9 heteroatoms. The first-order valence-electron chi connectivity index (χ1n) is 10.5. The Morgan fingerprint density at radius 1 is 0.875 bits per heavy atom. The molecule has 3 aliphatic heterocycles. The standard InChI is InChI=1S/C23H26O8S/c1-14-9-11-16(12-10-14)32(24,25)26-13-17-18-19(20-22(28-18)31-23(2,3)30-20)29-21(27-17)15-7-5-4-6-8-15/h4-12,17-22H,13H2,1-3H3/t17-,18+,19-,20+,21?,22+/m0/s1. The van der Waals surface area contributed by atoms with Crippen molar-refractivity contribution in [2.75, 3.05) is 6.61 Å². The maximum atomic E-state index is 12.7. The van der Waals surface area contributed by atoms with E-state index in [4.69, 9.17) is 27.9 Å². The second kappa shape index (κ2) is 8.18. The summed E-state index contributed by atoms with van der Waals surface area (Å²) in [5.74, 6) is -0.801. The highest BCUT2D eigenvalue weighted by Crippen LogP contribution is 2.45. The normalized spacial score (nSPS) is 33.6. The molecule has 2 aromatic rings. The molecule has 0 amide bonds. The van der Waals surface area contributed by atoms with Gasteiger partial charge in [0.2, 0.25) is 0 Å². The summed E-state index contributed by atoms with van der Waals surface area (Å²) in [5.41, 5.74) is 1.76. The van der Waals surface area contributed by atoms with Crippen LogP contribution in [-0.4, -0.2) is 51.5 Å². The molecule has 0 radical (unpaired) electrons. The van der Waals surface area contributed by atoms with E-state index >= 15 is 0 Å². The summed E-state index contributed by atoms with van der Waals surface area (Å²) in [6, 6.07) is 15.9. The summed E-state index contributed by atoms with van der Waals surface area (Å²) in [7, 11) is -3.96. The quantitative estimate of drug-likeness (QED) is 0.627. The predicted octanol–water partition coefficient (Wildman–Crippen LogP) is 3.06. The lowest BCUT2D eigenvalue weighted by atomic mass is 10.0. The zero-order valence-electron chi connectivity index (χ0n) is 18.0. The molecule has 172 valence electrons. The second-order valence-corrected chi connectivity index (χ2v) is 10.3. The number of hydrogen-bond acceptors (Lipinski definition) is 8. The molecule has 3 heterocycles. The fourth-order valence-corrected chi connectivity index (χ4v) is 5.12. The summed E-state index contributed by atoms with van der Waals surface area (Å²) in [4.78, 5) is 0.0870. The summed E-state index contributed by atoms with van der Waals surface area (Å²) in [6.07, 6.45) is -3.62. The fourth-order valence-electron chi connectivity index (χ4n) is 4.20. The topological polar surface area (TPSA) is 89.5 Å². The molecule has 3 fully saturated rings. The molecule has 6 atom stereocenters. The van der Waals surface area contributed by atoms with Crippen molar-refractivity contribution < 1.29 is 36.3 Å². The number of rotatable bonds is 5. The van der Waals surface area contributed by atoms with Crippen LogP contribution in [0.5, 0.6) is 0 Å². The van der Waals surface area contributed by atoms with Crippen molar-refractivity contribution in [3.8, 4) is 0 Å². The van der Waals surface area contributed by atoms with Gasteiger partial charge in [0.25, 0.3) is 10.1 Å². The van der Waals surface area contributed by atoms with Crippen LogP contribution in [0.3, 0.4) is 0 Å². The fraction of sp³-hybridized carbons (Fsp3) is 0.478. The Labute approximate surface area is 187 Å². The van der Waals surface area contributed by atoms with Crippen LogP contribution in [-0.2, 0) is 38.0 Å². The van der Waals surface area contributed by atoms with Crippen LogP contribution < -0.4 is 0 Å². The van der Waals surface area contributed by atoms with Gasteiger partial charge in [-0.3, -0.25) is 4.18 Å². The van der Waals surface area contributed by atoms with Gasteiger partial charge in [-0.25, -0.2) is 0 Å². The largest absolute Gasteiger partial charge is 0.341 e. The molecule has 3 saturated heterocycles. The van der Waals surface area contributed by atoms with Crippen LogP contribution in [0.2, 0.25) is 0 Å². The van der Waals surface area contributed by atoms with Gasteiger partial charge in [0.1, 0.15) is 24.4 Å². The Balaban J connectivity index is 1.37. The van der Waals surface area contributed by atoms with Crippen molar-refractivity contribution in [1.29, 1.82) is 0 Å². The number of aryl methyl sites for hydroxylation is 1. The highest BCUT2D eigenvalue weighted by Gasteiger charge is 2.60. The molecule has 0 saturated carbocycles. The zero-order valence-corrected chi connectivity index (χ0v) is 18.9. The van der Waals surface area contributed by atoms with Crippen LogP contribution in [0.25, 0.3) is 0 Å². The molecule has 5 rings (SSSR count). The van der Waals surface area contributed by atoms with Gasteiger partial charge in [0.05, 0.1) is 11.5 Å². The minimum Gasteiger partial charge on any atom is -0.341 e. The molecule has 0 spiro atoms. The van der Waals surface area contributed by atoms with E-state index in [-0.39, 0.29) is 11.5 Å². The Hall–Kier alpha value is -1.85. The van der Waals surface area contributed by atoms with Crippen LogP contribution in [0.1, 0.15) is 31.3 Å². The van der Waals surface area contributed by atoms with Crippen molar-refractivity contribution in [3.05, 3.63) is 65.7 Å². The summed E-state index contributed by atoms with van der Waals surface area (Å²) in [6.45, 7) is 5.28. The highest BCUT2D eigenvalue weighted by atomic mass is 32.2. The van der Waals surface area contributed by atoms with Crippen LogP contribution in [0, 0.1) is 6.92 Å². The summed E-state index contributed by atoms with van der Waals surface area (Å²) in [5, 5.41) is 0. The van der Waals surface area contributed by atoms with Gasteiger partial charge in [0, 0.05) is 5.56 Å². The Kier molecular flexibility index (Phi) is 5.61. The Bertz CT molecular complexity index is 1050. The van der Waals surface area contributed by atoms with E-state index in [0.717, 1.165) is 11.1 Å². The van der Waals surface area contributed by atoms with Crippen LogP contribution in [0.15, 0.2) is 59.5 Å². The predicted molar refractivity (Wildman–Crippen MR) is 112 cm³/mol. The van der Waals surface area contributed by atoms with Crippen LogP contribution >= 0.6 is 0 Å². The first-order chi connectivity index (χ1) is 15.2. The lowest BCUT2D eigenvalue weighted by Crippen LogP contribution is -2.51. The van der Waals surface area contributed by atoms with Gasteiger partial charge in [-0.1, -0.05) is 48.0 Å². The van der Waals surface area contributed by atoms with E-state index in [2.05, 4.69) is 0 Å².